The third kappa shape index (κ3) is 7.12. The van der Waals surface area contributed by atoms with Crippen LogP contribution in [0.2, 0.25) is 0 Å². The molecular formula is C32H40N2O3S. The van der Waals surface area contributed by atoms with E-state index >= 15 is 0 Å². The highest BCUT2D eigenvalue weighted by Gasteiger charge is 2.31. The molecule has 0 saturated heterocycles. The molecule has 0 atom stereocenters. The van der Waals surface area contributed by atoms with Gasteiger partial charge in [0, 0.05) is 25.7 Å². The van der Waals surface area contributed by atoms with Gasteiger partial charge in [-0.3, -0.25) is 4.79 Å². The highest BCUT2D eigenvalue weighted by atomic mass is 32.2. The number of carbonyl (C=O) groups is 1. The Morgan fingerprint density at radius 2 is 1.42 bits per heavy atom. The summed E-state index contributed by atoms with van der Waals surface area (Å²) in [6, 6.07) is 25.6. The first-order valence-corrected chi connectivity index (χ1v) is 15.1. The highest BCUT2D eigenvalue weighted by Crippen LogP contribution is 2.31. The summed E-state index contributed by atoms with van der Waals surface area (Å²) in [6.45, 7) is 7.71. The maximum atomic E-state index is 13.8. The fraction of sp³-hybridized carbons (Fsp3) is 0.406. The summed E-state index contributed by atoms with van der Waals surface area (Å²) < 4.78 is 29.3. The van der Waals surface area contributed by atoms with Crippen LogP contribution in [0.3, 0.4) is 0 Å². The second-order valence-electron chi connectivity index (χ2n) is 10.9. The van der Waals surface area contributed by atoms with Crippen molar-refractivity contribution >= 4 is 16.4 Å². The Hall–Kier alpha value is -2.96. The van der Waals surface area contributed by atoms with Crippen LogP contribution in [-0.4, -0.2) is 36.6 Å². The summed E-state index contributed by atoms with van der Waals surface area (Å²) >= 11 is 0. The van der Waals surface area contributed by atoms with Crippen LogP contribution in [0.15, 0.2) is 83.8 Å². The van der Waals surface area contributed by atoms with E-state index in [-0.39, 0.29) is 12.0 Å². The zero-order valence-electron chi connectivity index (χ0n) is 22.8. The molecule has 38 heavy (non-hydrogen) atoms. The molecule has 0 spiro atoms. The summed E-state index contributed by atoms with van der Waals surface area (Å²) in [5.41, 5.74) is 4.45. The second kappa shape index (κ2) is 12.7. The Balaban J connectivity index is 1.45. The number of aryl methyl sites for hydroxylation is 1. The van der Waals surface area contributed by atoms with Gasteiger partial charge in [-0.05, 0) is 73.3 Å². The van der Waals surface area contributed by atoms with E-state index in [9.17, 15) is 13.2 Å². The van der Waals surface area contributed by atoms with Crippen LogP contribution in [0, 0.1) is 12.8 Å². The SMILES string of the molecule is Cc1ccc(CN(C=O)C2CCC(CN(Cc3ccccc3)S(=O)(=O)c3ccc(C(C)C)cc3)CC2)cc1. The average molecular weight is 533 g/mol. The van der Waals surface area contributed by atoms with Crippen molar-refractivity contribution in [3.63, 3.8) is 0 Å². The van der Waals surface area contributed by atoms with Gasteiger partial charge in [-0.2, -0.15) is 4.31 Å². The van der Waals surface area contributed by atoms with Crippen molar-refractivity contribution in [2.24, 2.45) is 5.92 Å². The van der Waals surface area contributed by atoms with Gasteiger partial charge in [0.05, 0.1) is 4.90 Å². The third-order valence-electron chi connectivity index (χ3n) is 7.75. The van der Waals surface area contributed by atoms with Crippen LogP contribution in [0.5, 0.6) is 0 Å². The van der Waals surface area contributed by atoms with E-state index in [0.717, 1.165) is 48.8 Å². The van der Waals surface area contributed by atoms with Crippen LogP contribution in [0.4, 0.5) is 0 Å². The number of amides is 1. The molecule has 1 amide bonds. The van der Waals surface area contributed by atoms with Gasteiger partial charge in [0.2, 0.25) is 16.4 Å². The van der Waals surface area contributed by atoms with Crippen molar-refractivity contribution in [1.82, 2.24) is 9.21 Å². The molecular weight excluding hydrogens is 492 g/mol. The molecule has 1 fully saturated rings. The topological polar surface area (TPSA) is 57.7 Å². The van der Waals surface area contributed by atoms with Crippen LogP contribution in [-0.2, 0) is 27.9 Å². The Bertz CT molecular complexity index is 1260. The number of sulfonamides is 1. The zero-order valence-corrected chi connectivity index (χ0v) is 23.6. The predicted molar refractivity (Wildman–Crippen MR) is 153 cm³/mol. The lowest BCUT2D eigenvalue weighted by Crippen LogP contribution is -2.40. The molecule has 1 aliphatic rings. The predicted octanol–water partition coefficient (Wildman–Crippen LogP) is 6.53. The first-order valence-electron chi connectivity index (χ1n) is 13.7. The zero-order chi connectivity index (χ0) is 27.1. The molecule has 0 bridgehead atoms. The van der Waals surface area contributed by atoms with Crippen molar-refractivity contribution in [2.75, 3.05) is 6.54 Å². The highest BCUT2D eigenvalue weighted by molar-refractivity contribution is 7.89. The molecule has 3 aromatic carbocycles. The number of hydrogen-bond acceptors (Lipinski definition) is 3. The Labute approximate surface area is 228 Å². The molecule has 0 N–H and O–H groups in total. The molecule has 5 nitrogen and oxygen atoms in total. The third-order valence-corrected chi connectivity index (χ3v) is 9.58. The lowest BCUT2D eigenvalue weighted by Gasteiger charge is -2.36. The minimum absolute atomic E-state index is 0.188. The van der Waals surface area contributed by atoms with Gasteiger partial charge in [0.25, 0.3) is 0 Å². The van der Waals surface area contributed by atoms with E-state index in [4.69, 9.17) is 0 Å². The molecule has 6 heteroatoms. The monoisotopic (exact) mass is 532 g/mol. The maximum Gasteiger partial charge on any atom is 0.243 e. The second-order valence-corrected chi connectivity index (χ2v) is 12.9. The van der Waals surface area contributed by atoms with Crippen LogP contribution in [0.25, 0.3) is 0 Å². The number of nitrogens with zero attached hydrogens (tertiary/aromatic N) is 2. The van der Waals surface area contributed by atoms with Crippen molar-refractivity contribution in [3.8, 4) is 0 Å². The molecule has 1 saturated carbocycles. The van der Waals surface area contributed by atoms with Gasteiger partial charge in [-0.25, -0.2) is 8.42 Å². The van der Waals surface area contributed by atoms with Crippen LogP contribution >= 0.6 is 0 Å². The van der Waals surface area contributed by atoms with E-state index < -0.39 is 10.0 Å². The van der Waals surface area contributed by atoms with Crippen LogP contribution in [0.1, 0.15) is 67.7 Å². The molecule has 0 unspecified atom stereocenters. The van der Waals surface area contributed by atoms with Gasteiger partial charge < -0.3 is 4.90 Å². The summed E-state index contributed by atoms with van der Waals surface area (Å²) in [6.07, 6.45) is 4.54. The van der Waals surface area contributed by atoms with Crippen molar-refractivity contribution in [2.45, 2.75) is 76.4 Å². The Morgan fingerprint density at radius 1 is 0.816 bits per heavy atom. The molecule has 0 aliphatic heterocycles. The lowest BCUT2D eigenvalue weighted by molar-refractivity contribution is -0.121. The van der Waals surface area contributed by atoms with Gasteiger partial charge in [0.1, 0.15) is 0 Å². The van der Waals surface area contributed by atoms with Crippen molar-refractivity contribution in [1.29, 1.82) is 0 Å². The quantitative estimate of drug-likeness (QED) is 0.264. The minimum atomic E-state index is -3.65. The van der Waals surface area contributed by atoms with Gasteiger partial charge in [-0.1, -0.05) is 86.1 Å². The largest absolute Gasteiger partial charge is 0.338 e. The number of benzene rings is 3. The van der Waals surface area contributed by atoms with Crippen LogP contribution < -0.4 is 0 Å². The van der Waals surface area contributed by atoms with Gasteiger partial charge in [0.15, 0.2) is 0 Å². The fourth-order valence-corrected chi connectivity index (χ4v) is 6.82. The van der Waals surface area contributed by atoms with Gasteiger partial charge in [-0.15, -0.1) is 0 Å². The van der Waals surface area contributed by atoms with Gasteiger partial charge >= 0.3 is 0 Å². The molecule has 202 valence electrons. The van der Waals surface area contributed by atoms with E-state index in [1.54, 1.807) is 16.4 Å². The normalized spacial score (nSPS) is 18.0. The first kappa shape index (κ1) is 28.1. The summed E-state index contributed by atoms with van der Waals surface area (Å²) in [4.78, 5) is 14.2. The average Bonchev–Trinajstić information content (AvgIpc) is 2.93. The smallest absolute Gasteiger partial charge is 0.243 e. The van der Waals surface area contributed by atoms with E-state index in [2.05, 4.69) is 45.0 Å². The minimum Gasteiger partial charge on any atom is -0.338 e. The summed E-state index contributed by atoms with van der Waals surface area (Å²) in [7, 11) is -3.65. The molecule has 3 aromatic rings. The molecule has 1 aliphatic carbocycles. The number of rotatable bonds is 11. The maximum absolute atomic E-state index is 13.8. The molecule has 0 heterocycles. The lowest BCUT2D eigenvalue weighted by atomic mass is 9.85. The Morgan fingerprint density at radius 3 is 2.00 bits per heavy atom. The van der Waals surface area contributed by atoms with E-state index in [1.807, 2.05) is 47.4 Å². The molecule has 0 radical (unpaired) electrons. The van der Waals surface area contributed by atoms with E-state index in [0.29, 0.717) is 30.4 Å². The standard InChI is InChI=1S/C32H40N2O3S/c1-25(2)30-15-19-32(20-16-30)38(36,37)34(22-27-7-5-4-6-8-27)23-29-13-17-31(18-14-29)33(24-35)21-28-11-9-26(3)10-12-28/h4-12,15-16,19-20,24-25,29,31H,13-14,17-18,21-23H2,1-3H3. The van der Waals surface area contributed by atoms with E-state index in [1.165, 1.54) is 5.56 Å². The molecule has 4 rings (SSSR count). The Kier molecular flexibility index (Phi) is 9.40. The summed E-state index contributed by atoms with van der Waals surface area (Å²) in [5.74, 6) is 0.604. The summed E-state index contributed by atoms with van der Waals surface area (Å²) in [5, 5.41) is 0. The fourth-order valence-electron chi connectivity index (χ4n) is 5.31. The number of hydrogen-bond donors (Lipinski definition) is 0. The van der Waals surface area contributed by atoms with Crippen molar-refractivity contribution < 1.29 is 13.2 Å². The number of carbonyl (C=O) groups excluding carboxylic acids is 1. The first-order chi connectivity index (χ1) is 18.3. The molecule has 0 aromatic heterocycles. The van der Waals surface area contributed by atoms with Crippen molar-refractivity contribution in [3.05, 3.63) is 101 Å².